The maximum absolute atomic E-state index is 11.5. The van der Waals surface area contributed by atoms with Crippen LogP contribution >= 0.6 is 23.2 Å². The lowest BCUT2D eigenvalue weighted by atomic mass is 9.66. The first-order valence-electron chi connectivity index (χ1n) is 11.7. The van der Waals surface area contributed by atoms with Gasteiger partial charge >= 0.3 is 0 Å². The van der Waals surface area contributed by atoms with Gasteiger partial charge in [0.05, 0.1) is 16.6 Å². The van der Waals surface area contributed by atoms with E-state index in [-0.39, 0.29) is 11.5 Å². The zero-order chi connectivity index (χ0) is 20.5. The minimum atomic E-state index is -0.571. The summed E-state index contributed by atoms with van der Waals surface area (Å²) in [6.07, 6.45) is 10.7. The number of piperidine rings is 1. The van der Waals surface area contributed by atoms with Gasteiger partial charge in [0.15, 0.2) is 0 Å². The lowest BCUT2D eigenvalue weighted by molar-refractivity contribution is 0.114. The van der Waals surface area contributed by atoms with E-state index >= 15 is 0 Å². The second kappa shape index (κ2) is 7.33. The average molecular weight is 445 g/mol. The fourth-order valence-corrected chi connectivity index (χ4v) is 7.94. The number of aliphatic hydroxyl groups excluding tert-OH is 1. The number of nitrogens with one attached hydrogen (secondary N) is 1. The van der Waals surface area contributed by atoms with Crippen molar-refractivity contribution < 1.29 is 5.11 Å². The van der Waals surface area contributed by atoms with E-state index in [2.05, 4.69) is 11.4 Å². The van der Waals surface area contributed by atoms with Gasteiger partial charge in [-0.3, -0.25) is 4.98 Å². The Bertz CT molecular complexity index is 985. The standard InChI is InChI=1S/C25H30Cl2N2O/c26-17-8-18-19(24(30)21-3-1-2-6-28-21)10-22(29-23(18)20(27)9-17)25-11-14-4-5-15(12-25)16(7-14)13-25/h8-10,14-16,21,24,28,30H,1-7,11-13H2/t14-,15?,16-,21?,24?,25+/m0/s1. The molecular weight excluding hydrogens is 415 g/mol. The number of hydrogen-bond donors (Lipinski definition) is 2. The maximum Gasteiger partial charge on any atom is 0.0950 e. The predicted octanol–water partition coefficient (Wildman–Crippen LogP) is 6.18. The Labute approximate surface area is 188 Å². The van der Waals surface area contributed by atoms with Crippen LogP contribution in [0.5, 0.6) is 0 Å². The number of aliphatic hydroxyl groups is 1. The molecule has 3 nitrogen and oxygen atoms in total. The van der Waals surface area contributed by atoms with Gasteiger partial charge in [0.1, 0.15) is 0 Å². The molecule has 160 valence electrons. The predicted molar refractivity (Wildman–Crippen MR) is 122 cm³/mol. The lowest BCUT2D eigenvalue weighted by Gasteiger charge is -2.40. The number of rotatable bonds is 3. The first-order valence-corrected chi connectivity index (χ1v) is 12.5. The Kier molecular flexibility index (Phi) is 4.84. The summed E-state index contributed by atoms with van der Waals surface area (Å²) < 4.78 is 0. The van der Waals surface area contributed by atoms with Gasteiger partial charge in [0.2, 0.25) is 0 Å². The van der Waals surface area contributed by atoms with Crippen LogP contribution in [0.1, 0.15) is 75.1 Å². The maximum atomic E-state index is 11.5. The molecule has 0 spiro atoms. The van der Waals surface area contributed by atoms with E-state index in [1.54, 1.807) is 6.07 Å². The quantitative estimate of drug-likeness (QED) is 0.593. The summed E-state index contributed by atoms with van der Waals surface area (Å²) in [6, 6.07) is 6.02. The van der Waals surface area contributed by atoms with Gasteiger partial charge < -0.3 is 10.4 Å². The number of halogens is 2. The molecule has 1 aromatic carbocycles. The average Bonchev–Trinajstić information content (AvgIpc) is 2.92. The molecule has 0 radical (unpaired) electrons. The normalized spacial score (nSPS) is 36.4. The molecule has 0 amide bonds. The molecule has 4 fully saturated rings. The Morgan fingerprint density at radius 3 is 2.73 bits per heavy atom. The Morgan fingerprint density at radius 2 is 1.90 bits per heavy atom. The number of benzene rings is 1. The van der Waals surface area contributed by atoms with E-state index in [1.165, 1.54) is 50.6 Å². The molecule has 2 aromatic rings. The van der Waals surface area contributed by atoms with Crippen LogP contribution in [0.3, 0.4) is 0 Å². The third-order valence-electron chi connectivity index (χ3n) is 8.69. The second-order valence-corrected chi connectivity index (χ2v) is 11.3. The van der Waals surface area contributed by atoms with Gasteiger partial charge in [-0.1, -0.05) is 36.0 Å². The van der Waals surface area contributed by atoms with Gasteiger partial charge in [-0.05, 0) is 93.0 Å². The monoisotopic (exact) mass is 444 g/mol. The van der Waals surface area contributed by atoms with Gasteiger partial charge in [0, 0.05) is 27.6 Å². The molecular formula is C25H30Cl2N2O. The van der Waals surface area contributed by atoms with Crippen molar-refractivity contribution in [1.82, 2.24) is 10.3 Å². The fraction of sp³-hybridized carbons (Fsp3) is 0.640. The topological polar surface area (TPSA) is 45.2 Å². The minimum absolute atomic E-state index is 0.0753. The van der Waals surface area contributed by atoms with Crippen LogP contribution < -0.4 is 5.32 Å². The first-order chi connectivity index (χ1) is 14.5. The van der Waals surface area contributed by atoms with Crippen molar-refractivity contribution in [1.29, 1.82) is 0 Å². The molecule has 6 rings (SSSR count). The van der Waals surface area contributed by atoms with E-state index in [0.29, 0.717) is 10.0 Å². The molecule has 30 heavy (non-hydrogen) atoms. The molecule has 1 aromatic heterocycles. The summed E-state index contributed by atoms with van der Waals surface area (Å²) in [7, 11) is 0. The number of nitrogens with zero attached hydrogens (tertiary/aromatic N) is 1. The highest BCUT2D eigenvalue weighted by Gasteiger charge is 2.54. The molecule has 2 N–H and O–H groups in total. The highest BCUT2D eigenvalue weighted by atomic mass is 35.5. The van der Waals surface area contributed by atoms with Crippen molar-refractivity contribution >= 4 is 34.1 Å². The lowest BCUT2D eigenvalue weighted by Crippen LogP contribution is -2.39. The number of pyridine rings is 1. The molecule has 3 unspecified atom stereocenters. The first kappa shape index (κ1) is 19.8. The number of hydrogen-bond acceptors (Lipinski definition) is 3. The molecule has 3 saturated carbocycles. The van der Waals surface area contributed by atoms with Crippen LogP contribution in [0.2, 0.25) is 10.0 Å². The number of fused-ring (bicyclic) bond motifs is 3. The minimum Gasteiger partial charge on any atom is -0.387 e. The Morgan fingerprint density at radius 1 is 1.03 bits per heavy atom. The van der Waals surface area contributed by atoms with Crippen molar-refractivity contribution in [2.24, 2.45) is 17.8 Å². The Hall–Kier alpha value is -0.870. The third-order valence-corrected chi connectivity index (χ3v) is 9.20. The van der Waals surface area contributed by atoms with Crippen molar-refractivity contribution in [2.75, 3.05) is 6.54 Å². The van der Waals surface area contributed by atoms with E-state index < -0.39 is 6.10 Å². The fourth-order valence-electron chi connectivity index (χ4n) is 7.41. The third kappa shape index (κ3) is 3.11. The second-order valence-electron chi connectivity index (χ2n) is 10.5. The van der Waals surface area contributed by atoms with Gasteiger partial charge in [-0.2, -0.15) is 0 Å². The van der Waals surface area contributed by atoms with Crippen LogP contribution in [-0.2, 0) is 5.41 Å². The van der Waals surface area contributed by atoms with Crippen molar-refractivity contribution in [3.05, 3.63) is 39.5 Å². The highest BCUT2D eigenvalue weighted by molar-refractivity contribution is 6.38. The molecule has 6 atom stereocenters. The zero-order valence-corrected chi connectivity index (χ0v) is 18.9. The SMILES string of the molecule is OC(c1cc([C@]23CC4CC[C@@H](C[C@H]4C2)C3)nc2c(Cl)cc(Cl)cc12)C1CCCCN1. The summed E-state index contributed by atoms with van der Waals surface area (Å²) in [5.74, 6) is 2.56. The zero-order valence-electron chi connectivity index (χ0n) is 17.3. The summed E-state index contributed by atoms with van der Waals surface area (Å²) in [4.78, 5) is 5.17. The molecule has 3 aliphatic carbocycles. The molecule has 1 aliphatic heterocycles. The summed E-state index contributed by atoms with van der Waals surface area (Å²) in [5.41, 5.74) is 3.09. The molecule has 3 bridgehead atoms. The van der Waals surface area contributed by atoms with Crippen LogP contribution in [0, 0.1) is 17.8 Å². The molecule has 5 heteroatoms. The summed E-state index contributed by atoms with van der Waals surface area (Å²) >= 11 is 13.0. The Balaban J connectivity index is 1.51. The molecule has 1 saturated heterocycles. The molecule has 2 heterocycles. The highest BCUT2D eigenvalue weighted by Crippen LogP contribution is 2.62. The molecule has 4 aliphatic rings. The van der Waals surface area contributed by atoms with Crippen LogP contribution in [-0.4, -0.2) is 22.7 Å². The van der Waals surface area contributed by atoms with Crippen molar-refractivity contribution in [2.45, 2.75) is 75.3 Å². The largest absolute Gasteiger partial charge is 0.387 e. The van der Waals surface area contributed by atoms with Crippen molar-refractivity contribution in [3.8, 4) is 0 Å². The summed E-state index contributed by atoms with van der Waals surface area (Å²) in [5, 5.41) is 17.1. The number of aromatic nitrogens is 1. The van der Waals surface area contributed by atoms with Crippen LogP contribution in [0.25, 0.3) is 10.9 Å². The van der Waals surface area contributed by atoms with E-state index in [0.717, 1.165) is 53.6 Å². The van der Waals surface area contributed by atoms with Crippen LogP contribution in [0.15, 0.2) is 18.2 Å². The van der Waals surface area contributed by atoms with Crippen molar-refractivity contribution in [3.63, 3.8) is 0 Å². The van der Waals surface area contributed by atoms with Gasteiger partial charge in [-0.15, -0.1) is 0 Å². The van der Waals surface area contributed by atoms with Gasteiger partial charge in [-0.25, -0.2) is 0 Å². The smallest absolute Gasteiger partial charge is 0.0950 e. The van der Waals surface area contributed by atoms with Gasteiger partial charge in [0.25, 0.3) is 0 Å². The van der Waals surface area contributed by atoms with Crippen LogP contribution in [0.4, 0.5) is 0 Å². The van der Waals surface area contributed by atoms with E-state index in [9.17, 15) is 5.11 Å². The summed E-state index contributed by atoms with van der Waals surface area (Å²) in [6.45, 7) is 0.966. The van der Waals surface area contributed by atoms with E-state index in [1.807, 2.05) is 6.07 Å². The van der Waals surface area contributed by atoms with E-state index in [4.69, 9.17) is 28.2 Å².